The van der Waals surface area contributed by atoms with Gasteiger partial charge in [-0.15, -0.1) is 0 Å². The molecule has 0 atom stereocenters. The Hall–Kier alpha value is -5.82. The Morgan fingerprint density at radius 2 is 0.634 bits per heavy atom. The number of aromatic nitrogens is 4. The van der Waals surface area contributed by atoms with Crippen LogP contribution in [0.5, 0.6) is 24.3 Å². The molecule has 8 rings (SSSR count). The van der Waals surface area contributed by atoms with Gasteiger partial charge in [-0.25, -0.2) is 0 Å². The number of hydrogen-bond donors (Lipinski definition) is 0. The van der Waals surface area contributed by atoms with Crippen molar-refractivity contribution in [2.45, 2.75) is 0 Å². The lowest BCUT2D eigenvalue weighted by atomic mass is 10.3. The normalized spacial score (nSPS) is 10.6. The number of nitrogens with zero attached hydrogens (tertiary/aromatic N) is 4. The smallest absolute Gasteiger partial charge is 0.403 e. The van der Waals surface area contributed by atoms with E-state index < -0.39 is 11.6 Å². The number of fused-ring (bicyclic) bond motifs is 4. The predicted molar refractivity (Wildman–Crippen MR) is 145 cm³/mol. The molecule has 0 aliphatic heterocycles. The minimum Gasteiger partial charge on any atom is -0.409 e. The van der Waals surface area contributed by atoms with Gasteiger partial charge >= 0.3 is 35.9 Å². The van der Waals surface area contributed by atoms with E-state index in [4.69, 9.17) is 35.6 Å². The molecule has 202 valence electrons. The maximum atomic E-state index is 8.29. The monoisotopic (exact) mass is 568 g/mol. The minimum atomic E-state index is -0.750. The second-order valence-electron chi connectivity index (χ2n) is 8.06. The van der Waals surface area contributed by atoms with E-state index in [2.05, 4.69) is 19.9 Å². The minimum absolute atomic E-state index is 0.118. The summed E-state index contributed by atoms with van der Waals surface area (Å²) in [5, 5.41) is 0. The first kappa shape index (κ1) is 25.5. The number of ether oxygens (including phenoxy) is 2. The molecular weight excluding hydrogens is 552 g/mol. The Bertz CT molecular complexity index is 1700. The van der Waals surface area contributed by atoms with Crippen molar-refractivity contribution in [2.24, 2.45) is 0 Å². The van der Waals surface area contributed by atoms with E-state index in [1.54, 1.807) is 0 Å². The van der Waals surface area contributed by atoms with Gasteiger partial charge in [-0.2, -0.15) is 28.4 Å². The summed E-state index contributed by atoms with van der Waals surface area (Å²) in [6.45, 7) is 0. The SMILES string of the molecule is O=S=O.c1ccc2oc(Oc3nc4ccccc4o3)nc2c1.c1ccc2oc(Oc3nc4ccccc4o3)nc2c1. The summed E-state index contributed by atoms with van der Waals surface area (Å²) in [5.41, 5.74) is 5.56. The van der Waals surface area contributed by atoms with Crippen molar-refractivity contribution in [2.75, 3.05) is 0 Å². The maximum absolute atomic E-state index is 8.29. The highest BCUT2D eigenvalue weighted by Gasteiger charge is 2.13. The largest absolute Gasteiger partial charge is 0.409 e. The van der Waals surface area contributed by atoms with Crippen molar-refractivity contribution in [3.8, 4) is 24.3 Å². The number of para-hydroxylation sites is 8. The molecule has 0 radical (unpaired) electrons. The van der Waals surface area contributed by atoms with Crippen molar-refractivity contribution in [3.63, 3.8) is 0 Å². The van der Waals surface area contributed by atoms with Crippen molar-refractivity contribution in [1.82, 2.24) is 19.9 Å². The van der Waals surface area contributed by atoms with E-state index in [-0.39, 0.29) is 24.3 Å². The van der Waals surface area contributed by atoms with Gasteiger partial charge < -0.3 is 27.1 Å². The van der Waals surface area contributed by atoms with Gasteiger partial charge in [-0.3, -0.25) is 0 Å². The Morgan fingerprint density at radius 3 is 0.854 bits per heavy atom. The predicted octanol–water partition coefficient (Wildman–Crippen LogP) is 6.85. The zero-order valence-corrected chi connectivity index (χ0v) is 21.5. The molecule has 4 heterocycles. The molecule has 0 aliphatic rings. The van der Waals surface area contributed by atoms with Crippen LogP contribution in [0.4, 0.5) is 0 Å². The van der Waals surface area contributed by atoms with Crippen LogP contribution in [0.3, 0.4) is 0 Å². The van der Waals surface area contributed by atoms with Crippen LogP contribution in [0.2, 0.25) is 0 Å². The third kappa shape index (κ3) is 5.79. The van der Waals surface area contributed by atoms with Crippen molar-refractivity contribution < 1.29 is 35.6 Å². The number of benzene rings is 4. The zero-order valence-electron chi connectivity index (χ0n) is 20.7. The fraction of sp³-hybridized carbons (Fsp3) is 0. The van der Waals surface area contributed by atoms with Gasteiger partial charge in [0.15, 0.2) is 22.3 Å². The average Bonchev–Trinajstić information content (AvgIpc) is 3.77. The molecule has 41 heavy (non-hydrogen) atoms. The fourth-order valence-corrected chi connectivity index (χ4v) is 3.73. The quantitative estimate of drug-likeness (QED) is 0.218. The van der Waals surface area contributed by atoms with Crippen molar-refractivity contribution in [3.05, 3.63) is 97.1 Å². The second-order valence-corrected chi connectivity index (χ2v) is 8.20. The molecule has 0 unspecified atom stereocenters. The van der Waals surface area contributed by atoms with Gasteiger partial charge in [0.2, 0.25) is 0 Å². The first-order valence-corrected chi connectivity index (χ1v) is 12.5. The third-order valence-corrected chi connectivity index (χ3v) is 5.45. The van der Waals surface area contributed by atoms with Gasteiger partial charge in [0.1, 0.15) is 22.1 Å². The lowest BCUT2D eigenvalue weighted by molar-refractivity contribution is 0.269. The van der Waals surface area contributed by atoms with Crippen LogP contribution in [0.1, 0.15) is 0 Å². The fourth-order valence-electron chi connectivity index (χ4n) is 3.73. The van der Waals surface area contributed by atoms with Crippen LogP contribution in [0.25, 0.3) is 44.4 Å². The van der Waals surface area contributed by atoms with Gasteiger partial charge in [0, 0.05) is 0 Å². The molecule has 0 saturated heterocycles. The van der Waals surface area contributed by atoms with Crippen molar-refractivity contribution >= 4 is 56.0 Å². The lowest BCUT2D eigenvalue weighted by Crippen LogP contribution is -1.82. The van der Waals surface area contributed by atoms with Crippen LogP contribution in [-0.2, 0) is 11.6 Å². The Kier molecular flexibility index (Phi) is 7.15. The Balaban J connectivity index is 0.000000135. The Labute approximate surface area is 232 Å². The van der Waals surface area contributed by atoms with Crippen LogP contribution >= 0.6 is 0 Å². The molecule has 4 aromatic heterocycles. The van der Waals surface area contributed by atoms with Crippen LogP contribution in [-0.4, -0.2) is 28.4 Å². The molecule has 0 aliphatic carbocycles. The van der Waals surface area contributed by atoms with Crippen molar-refractivity contribution in [1.29, 1.82) is 0 Å². The first-order valence-electron chi connectivity index (χ1n) is 11.9. The molecule has 0 fully saturated rings. The van der Waals surface area contributed by atoms with E-state index in [0.717, 1.165) is 22.1 Å². The van der Waals surface area contributed by atoms with E-state index in [1.807, 2.05) is 97.1 Å². The molecule has 0 N–H and O–H groups in total. The highest BCUT2D eigenvalue weighted by atomic mass is 32.1. The highest BCUT2D eigenvalue weighted by Crippen LogP contribution is 2.28. The highest BCUT2D eigenvalue weighted by molar-refractivity contribution is 7.51. The molecule has 4 aromatic carbocycles. The molecule has 12 nitrogen and oxygen atoms in total. The van der Waals surface area contributed by atoms with E-state index in [0.29, 0.717) is 22.3 Å². The van der Waals surface area contributed by atoms with E-state index in [1.165, 1.54) is 0 Å². The summed E-state index contributed by atoms with van der Waals surface area (Å²) in [5.74, 6) is 0. The average molecular weight is 569 g/mol. The van der Waals surface area contributed by atoms with Crippen LogP contribution in [0.15, 0.2) is 115 Å². The van der Waals surface area contributed by atoms with Gasteiger partial charge in [0.05, 0.1) is 0 Å². The van der Waals surface area contributed by atoms with Gasteiger partial charge in [-0.05, 0) is 48.5 Å². The maximum Gasteiger partial charge on any atom is 0.403 e. The van der Waals surface area contributed by atoms with Crippen LogP contribution in [0, 0.1) is 0 Å². The van der Waals surface area contributed by atoms with Gasteiger partial charge in [-0.1, -0.05) is 48.5 Å². The summed E-state index contributed by atoms with van der Waals surface area (Å²) >= 11 is -0.750. The Morgan fingerprint density at radius 1 is 0.415 bits per heavy atom. The number of rotatable bonds is 4. The molecule has 8 aromatic rings. The van der Waals surface area contributed by atoms with Crippen LogP contribution < -0.4 is 9.47 Å². The standard InChI is InChI=1S/2C14H8N2O3.O2S/c2*1-3-7-11-9(5-1)15-13(17-11)19-14-16-10-6-2-4-8-12(10)18-14;1-3-2/h2*1-8H;. The topological polar surface area (TPSA) is 157 Å². The summed E-state index contributed by atoms with van der Waals surface area (Å²) in [7, 11) is 0. The molecule has 13 heteroatoms. The summed E-state index contributed by atoms with van der Waals surface area (Å²) < 4.78 is 49.1. The molecule has 0 bridgehead atoms. The first-order chi connectivity index (χ1) is 20.2. The number of hydrogen-bond acceptors (Lipinski definition) is 12. The summed E-state index contributed by atoms with van der Waals surface area (Å²) in [4.78, 5) is 16.8. The lowest BCUT2D eigenvalue weighted by Gasteiger charge is -1.90. The van der Waals surface area contributed by atoms with Gasteiger partial charge in [0.25, 0.3) is 0 Å². The third-order valence-electron chi connectivity index (χ3n) is 5.45. The number of oxazole rings is 4. The molecule has 0 saturated carbocycles. The van der Waals surface area contributed by atoms with E-state index in [9.17, 15) is 0 Å². The molecular formula is C28H16N4O8S. The zero-order chi connectivity index (χ0) is 28.0. The van der Waals surface area contributed by atoms with E-state index >= 15 is 0 Å². The summed E-state index contributed by atoms with van der Waals surface area (Å²) in [6, 6.07) is 29.7. The molecule has 0 amide bonds. The second kappa shape index (κ2) is 11.5. The summed E-state index contributed by atoms with van der Waals surface area (Å²) in [6.07, 6.45) is 0.473. The molecule has 0 spiro atoms.